The van der Waals surface area contributed by atoms with Gasteiger partial charge in [0.25, 0.3) is 0 Å². The van der Waals surface area contributed by atoms with Crippen LogP contribution in [0.5, 0.6) is 0 Å². The molecule has 0 spiro atoms. The van der Waals surface area contributed by atoms with Gasteiger partial charge in [-0.05, 0) is 56.0 Å². The van der Waals surface area contributed by atoms with E-state index in [4.69, 9.17) is 0 Å². The normalized spacial score (nSPS) is 16.9. The van der Waals surface area contributed by atoms with Crippen LogP contribution < -0.4 is 10.3 Å². The van der Waals surface area contributed by atoms with Crippen LogP contribution in [-0.2, 0) is 4.79 Å². The summed E-state index contributed by atoms with van der Waals surface area (Å²) < 4.78 is 28.4. The molecule has 8 heteroatoms. The fourth-order valence-corrected chi connectivity index (χ4v) is 4.51. The SMILES string of the molecule is O=C(Nc1ccc(SSc2ccc([NH+]=C(O)C3CC3)c(F)c2)cc1F)C1CC1. The van der Waals surface area contributed by atoms with E-state index in [2.05, 4.69) is 10.3 Å². The van der Waals surface area contributed by atoms with Gasteiger partial charge in [0.15, 0.2) is 5.82 Å². The number of nitrogens with one attached hydrogen (secondary N) is 2. The summed E-state index contributed by atoms with van der Waals surface area (Å²) in [4.78, 5) is 15.8. The van der Waals surface area contributed by atoms with E-state index in [0.717, 1.165) is 25.7 Å². The van der Waals surface area contributed by atoms with Crippen molar-refractivity contribution < 1.29 is 23.7 Å². The summed E-state index contributed by atoms with van der Waals surface area (Å²) in [6.07, 6.45) is 3.57. The molecule has 0 bridgehead atoms. The third kappa shape index (κ3) is 4.86. The summed E-state index contributed by atoms with van der Waals surface area (Å²) in [7, 11) is 2.60. The average molecular weight is 422 g/mol. The van der Waals surface area contributed by atoms with E-state index in [9.17, 15) is 18.7 Å². The highest BCUT2D eigenvalue weighted by Crippen LogP contribution is 2.39. The molecule has 146 valence electrons. The fraction of sp³-hybridized carbons (Fsp3) is 0.300. The Morgan fingerprint density at radius 3 is 2.14 bits per heavy atom. The summed E-state index contributed by atoms with van der Waals surface area (Å²) >= 11 is 0. The number of aliphatic hydroxyl groups excluding tert-OH is 1. The average Bonchev–Trinajstić information content (AvgIpc) is 3.56. The molecular weight excluding hydrogens is 402 g/mol. The molecule has 0 atom stereocenters. The van der Waals surface area contributed by atoms with Gasteiger partial charge in [-0.25, -0.2) is 4.39 Å². The molecule has 2 fully saturated rings. The van der Waals surface area contributed by atoms with E-state index in [0.29, 0.717) is 9.79 Å². The van der Waals surface area contributed by atoms with Gasteiger partial charge in [-0.1, -0.05) is 21.6 Å². The molecule has 0 unspecified atom stereocenters. The van der Waals surface area contributed by atoms with Crippen molar-refractivity contribution in [1.29, 1.82) is 0 Å². The van der Waals surface area contributed by atoms with Gasteiger partial charge in [-0.2, -0.15) is 9.38 Å². The molecule has 3 N–H and O–H groups in total. The van der Waals surface area contributed by atoms with Crippen molar-refractivity contribution in [1.82, 2.24) is 0 Å². The molecule has 0 heterocycles. The summed E-state index contributed by atoms with van der Waals surface area (Å²) in [5.74, 6) is -0.838. The lowest BCUT2D eigenvalue weighted by molar-refractivity contribution is -0.371. The van der Waals surface area contributed by atoms with Crippen molar-refractivity contribution in [3.8, 4) is 0 Å². The van der Waals surface area contributed by atoms with E-state index < -0.39 is 11.6 Å². The van der Waals surface area contributed by atoms with Crippen molar-refractivity contribution in [2.75, 3.05) is 5.32 Å². The third-order valence-electron chi connectivity index (χ3n) is 4.55. The Kier molecular flexibility index (Phi) is 5.59. The lowest BCUT2D eigenvalue weighted by Crippen LogP contribution is -2.67. The van der Waals surface area contributed by atoms with Crippen molar-refractivity contribution in [3.05, 3.63) is 48.0 Å². The van der Waals surface area contributed by atoms with Crippen LogP contribution in [0.15, 0.2) is 46.2 Å². The Labute approximate surface area is 169 Å². The maximum absolute atomic E-state index is 14.2. The summed E-state index contributed by atoms with van der Waals surface area (Å²) in [6, 6.07) is 9.31. The zero-order valence-electron chi connectivity index (χ0n) is 14.9. The summed E-state index contributed by atoms with van der Waals surface area (Å²) in [5, 5.41) is 12.4. The minimum atomic E-state index is -0.489. The van der Waals surface area contributed by atoms with Crippen molar-refractivity contribution in [3.63, 3.8) is 0 Å². The van der Waals surface area contributed by atoms with E-state index in [1.54, 1.807) is 24.3 Å². The van der Waals surface area contributed by atoms with Crippen LogP contribution in [0.25, 0.3) is 0 Å². The van der Waals surface area contributed by atoms with Gasteiger partial charge in [-0.15, -0.1) is 0 Å². The van der Waals surface area contributed by atoms with Crippen LogP contribution in [0, 0.1) is 23.5 Å². The second-order valence-corrected chi connectivity index (χ2v) is 9.27. The Balaban J connectivity index is 1.37. The van der Waals surface area contributed by atoms with E-state index in [1.165, 1.54) is 33.7 Å². The second-order valence-electron chi connectivity index (χ2n) is 7.00. The Hall–Kier alpha value is -2.06. The van der Waals surface area contributed by atoms with Crippen molar-refractivity contribution >= 4 is 44.8 Å². The van der Waals surface area contributed by atoms with Gasteiger partial charge >= 0.3 is 5.90 Å². The predicted octanol–water partition coefficient (Wildman–Crippen LogP) is 4.19. The first-order valence-electron chi connectivity index (χ1n) is 9.07. The predicted molar refractivity (Wildman–Crippen MR) is 107 cm³/mol. The van der Waals surface area contributed by atoms with Gasteiger partial charge in [0.05, 0.1) is 11.6 Å². The second kappa shape index (κ2) is 8.13. The maximum atomic E-state index is 14.2. The van der Waals surface area contributed by atoms with E-state index >= 15 is 0 Å². The highest BCUT2D eigenvalue weighted by molar-refractivity contribution is 8.76. The molecular formula is C20H19F2N2O2S2+. The van der Waals surface area contributed by atoms with Crippen molar-refractivity contribution in [2.45, 2.75) is 35.5 Å². The zero-order valence-corrected chi connectivity index (χ0v) is 16.5. The van der Waals surface area contributed by atoms with Crippen LogP contribution in [0.3, 0.4) is 0 Å². The molecule has 4 nitrogen and oxygen atoms in total. The molecule has 2 aromatic carbocycles. The minimum absolute atomic E-state index is 0.0140. The van der Waals surface area contributed by atoms with Crippen LogP contribution in [0.1, 0.15) is 25.7 Å². The van der Waals surface area contributed by atoms with Gasteiger partial charge in [-0.3, -0.25) is 4.79 Å². The molecule has 1 amide bonds. The number of carbonyl (C=O) groups is 1. The number of amides is 1. The van der Waals surface area contributed by atoms with Gasteiger partial charge < -0.3 is 10.4 Å². The van der Waals surface area contributed by atoms with Crippen LogP contribution in [-0.4, -0.2) is 16.9 Å². The molecule has 0 aliphatic heterocycles. The molecule has 2 saturated carbocycles. The molecule has 28 heavy (non-hydrogen) atoms. The number of anilines is 1. The number of carbonyl (C=O) groups excluding carboxylic acids is 1. The molecule has 2 aliphatic rings. The molecule has 0 aromatic heterocycles. The molecule has 0 saturated heterocycles. The molecule has 4 rings (SSSR count). The first kappa shape index (κ1) is 19.3. The Morgan fingerprint density at radius 2 is 1.57 bits per heavy atom. The Morgan fingerprint density at radius 1 is 0.964 bits per heavy atom. The fourth-order valence-electron chi connectivity index (χ4n) is 2.57. The van der Waals surface area contributed by atoms with Gasteiger partial charge in [0, 0.05) is 21.8 Å². The van der Waals surface area contributed by atoms with E-state index in [1.807, 2.05) is 0 Å². The smallest absolute Gasteiger partial charge is 0.341 e. The van der Waals surface area contributed by atoms with E-state index in [-0.39, 0.29) is 35.0 Å². The summed E-state index contributed by atoms with van der Waals surface area (Å²) in [6.45, 7) is 0. The van der Waals surface area contributed by atoms with Gasteiger partial charge in [0.1, 0.15) is 5.82 Å². The van der Waals surface area contributed by atoms with Gasteiger partial charge in [0.2, 0.25) is 11.6 Å². The first-order chi connectivity index (χ1) is 13.5. The molecule has 0 radical (unpaired) electrons. The topological polar surface area (TPSA) is 63.3 Å². The highest BCUT2D eigenvalue weighted by Gasteiger charge is 2.32. The minimum Gasteiger partial charge on any atom is -0.463 e. The Bertz CT molecular complexity index is 944. The highest BCUT2D eigenvalue weighted by atomic mass is 33.1. The monoisotopic (exact) mass is 421 g/mol. The largest absolute Gasteiger partial charge is 0.463 e. The first-order valence-corrected chi connectivity index (χ1v) is 11.2. The lowest BCUT2D eigenvalue weighted by atomic mass is 10.3. The zero-order chi connectivity index (χ0) is 19.7. The van der Waals surface area contributed by atoms with Crippen LogP contribution >= 0.6 is 21.6 Å². The number of aliphatic hydroxyl groups is 1. The number of hydrogen-bond acceptors (Lipinski definition) is 3. The van der Waals surface area contributed by atoms with Crippen LogP contribution in [0.4, 0.5) is 20.2 Å². The number of halogens is 2. The van der Waals surface area contributed by atoms with Crippen LogP contribution in [0.2, 0.25) is 0 Å². The quantitative estimate of drug-likeness (QED) is 0.356. The molecule has 2 aromatic rings. The summed E-state index contributed by atoms with van der Waals surface area (Å²) in [5.41, 5.74) is 0.417. The lowest BCUT2D eigenvalue weighted by Gasteiger charge is -2.07. The third-order valence-corrected chi connectivity index (χ3v) is 6.93. The molecule has 2 aliphatic carbocycles. The number of rotatable bonds is 7. The maximum Gasteiger partial charge on any atom is 0.341 e. The standard InChI is InChI=1S/C20H18F2N2O2S2/c21-15-9-13(5-7-17(15)23-19(25)11-1-2-11)27-28-14-6-8-18(16(22)10-14)24-20(26)12-3-4-12/h5-12H,1-4H2,(H,23,25)(H,24,26)/p+1. The van der Waals surface area contributed by atoms with Crippen molar-refractivity contribution in [2.24, 2.45) is 11.8 Å². The number of benzene rings is 2. The number of hydrogen-bond donors (Lipinski definition) is 3.